The zero-order chi connectivity index (χ0) is 16.8. The van der Waals surface area contributed by atoms with E-state index in [9.17, 15) is 15.0 Å². The topological polar surface area (TPSA) is 73.7 Å². The number of aromatic carboxylic acids is 1. The highest BCUT2D eigenvalue weighted by Crippen LogP contribution is 2.35. The maximum absolute atomic E-state index is 11.4. The lowest BCUT2D eigenvalue weighted by Crippen LogP contribution is -2.54. The minimum Gasteiger partial charge on any atom is -0.478 e. The zero-order valence-electron chi connectivity index (χ0n) is 14.1. The first kappa shape index (κ1) is 18.5. The van der Waals surface area contributed by atoms with Gasteiger partial charge in [0.2, 0.25) is 0 Å². The Hall–Kier alpha value is -1.85. The number of pyridine rings is 1. The molecule has 2 heterocycles. The van der Waals surface area contributed by atoms with Crippen molar-refractivity contribution in [3.8, 4) is 0 Å². The molecular weight excluding hydrogens is 328 g/mol. The third-order valence-electron chi connectivity index (χ3n) is 5.30. The monoisotopic (exact) mass is 350 g/mol. The standard InChI is InChI=1S/C18H22N2O3.ClH/c1-11-9-20(10-12(2)18(11,3)23)13-4-5-16-15(8-13)14(17(21)22)6-7-19-16;/h4-8,11-12,23H,9-10H2,1-3H3,(H,21,22);1H/t11-,12+,18?;. The summed E-state index contributed by atoms with van der Waals surface area (Å²) in [5.74, 6) is -0.678. The van der Waals surface area contributed by atoms with Gasteiger partial charge in [-0.15, -0.1) is 12.4 Å². The molecule has 1 saturated heterocycles. The van der Waals surface area contributed by atoms with Crippen molar-refractivity contribution in [1.29, 1.82) is 0 Å². The van der Waals surface area contributed by atoms with Gasteiger partial charge in [0.1, 0.15) is 0 Å². The molecule has 1 aromatic carbocycles. The fourth-order valence-electron chi connectivity index (χ4n) is 3.32. The lowest BCUT2D eigenvalue weighted by molar-refractivity contribution is -0.0503. The highest BCUT2D eigenvalue weighted by Gasteiger charge is 2.40. The molecular formula is C18H23ClN2O3. The molecule has 1 unspecified atom stereocenters. The van der Waals surface area contributed by atoms with E-state index >= 15 is 0 Å². The quantitative estimate of drug-likeness (QED) is 0.870. The van der Waals surface area contributed by atoms with Crippen molar-refractivity contribution in [3.05, 3.63) is 36.0 Å². The second-order valence-corrected chi connectivity index (χ2v) is 6.80. The number of carboxylic acids is 1. The number of hydrogen-bond acceptors (Lipinski definition) is 4. The van der Waals surface area contributed by atoms with E-state index in [1.807, 2.05) is 39.0 Å². The lowest BCUT2D eigenvalue weighted by Gasteiger charge is -2.46. The zero-order valence-corrected chi connectivity index (χ0v) is 14.9. The number of rotatable bonds is 2. The van der Waals surface area contributed by atoms with Gasteiger partial charge in [-0.05, 0) is 31.2 Å². The molecule has 0 radical (unpaired) electrons. The van der Waals surface area contributed by atoms with Crippen LogP contribution in [0.15, 0.2) is 30.5 Å². The third-order valence-corrected chi connectivity index (χ3v) is 5.30. The van der Waals surface area contributed by atoms with Crippen molar-refractivity contribution in [1.82, 2.24) is 4.98 Å². The van der Waals surface area contributed by atoms with Crippen LogP contribution in [0.25, 0.3) is 10.9 Å². The van der Waals surface area contributed by atoms with Crippen molar-refractivity contribution in [2.45, 2.75) is 26.4 Å². The molecule has 1 aromatic heterocycles. The van der Waals surface area contributed by atoms with Crippen LogP contribution < -0.4 is 4.90 Å². The molecule has 0 amide bonds. The molecule has 0 saturated carbocycles. The predicted molar refractivity (Wildman–Crippen MR) is 97.1 cm³/mol. The predicted octanol–water partition coefficient (Wildman–Crippen LogP) is 3.20. The molecule has 3 atom stereocenters. The fourth-order valence-corrected chi connectivity index (χ4v) is 3.32. The Labute approximate surface area is 147 Å². The van der Waals surface area contributed by atoms with Crippen LogP contribution in [0.5, 0.6) is 0 Å². The number of aromatic nitrogens is 1. The van der Waals surface area contributed by atoms with Crippen molar-refractivity contribution in [3.63, 3.8) is 0 Å². The Morgan fingerprint density at radius 3 is 2.46 bits per heavy atom. The minimum absolute atomic E-state index is 0. The van der Waals surface area contributed by atoms with Crippen LogP contribution in [0.2, 0.25) is 0 Å². The Balaban J connectivity index is 0.00000208. The van der Waals surface area contributed by atoms with Gasteiger partial charge in [-0.25, -0.2) is 4.79 Å². The second kappa shape index (κ2) is 6.57. The van der Waals surface area contributed by atoms with Gasteiger partial charge >= 0.3 is 5.97 Å². The molecule has 1 aliphatic heterocycles. The van der Waals surface area contributed by atoms with Crippen LogP contribution in [0.4, 0.5) is 5.69 Å². The molecule has 24 heavy (non-hydrogen) atoms. The molecule has 0 aliphatic carbocycles. The van der Waals surface area contributed by atoms with Crippen LogP contribution in [0, 0.1) is 11.8 Å². The summed E-state index contributed by atoms with van der Waals surface area (Å²) < 4.78 is 0. The van der Waals surface area contributed by atoms with Crippen LogP contribution in [-0.2, 0) is 0 Å². The Morgan fingerprint density at radius 1 is 1.25 bits per heavy atom. The molecule has 2 N–H and O–H groups in total. The van der Waals surface area contributed by atoms with E-state index in [1.54, 1.807) is 0 Å². The lowest BCUT2D eigenvalue weighted by atomic mass is 9.76. The van der Waals surface area contributed by atoms with Gasteiger partial charge in [-0.1, -0.05) is 13.8 Å². The van der Waals surface area contributed by atoms with Crippen LogP contribution in [0.1, 0.15) is 31.1 Å². The molecule has 3 rings (SSSR count). The normalized spacial score (nSPS) is 26.9. The Bertz CT molecular complexity index is 749. The van der Waals surface area contributed by atoms with E-state index in [0.717, 1.165) is 18.8 Å². The van der Waals surface area contributed by atoms with E-state index in [4.69, 9.17) is 0 Å². The van der Waals surface area contributed by atoms with Crippen molar-refractivity contribution >= 4 is 35.0 Å². The molecule has 6 heteroatoms. The summed E-state index contributed by atoms with van der Waals surface area (Å²) in [5.41, 5.74) is 1.24. The largest absolute Gasteiger partial charge is 0.478 e. The van der Waals surface area contributed by atoms with Gasteiger partial charge in [0.25, 0.3) is 0 Å². The number of carboxylic acid groups (broad SMARTS) is 1. The summed E-state index contributed by atoms with van der Waals surface area (Å²) in [4.78, 5) is 17.9. The summed E-state index contributed by atoms with van der Waals surface area (Å²) in [5, 5.41) is 20.6. The fraction of sp³-hybridized carbons (Fsp3) is 0.444. The van der Waals surface area contributed by atoms with Crippen molar-refractivity contribution < 1.29 is 15.0 Å². The number of nitrogens with zero attached hydrogens (tertiary/aromatic N) is 2. The molecule has 1 fully saturated rings. The van der Waals surface area contributed by atoms with Gasteiger partial charge in [0, 0.05) is 42.2 Å². The number of benzene rings is 1. The SMILES string of the molecule is C[C@@H]1CN(c2ccc3nccc(C(=O)O)c3c2)C[C@H](C)C1(C)O.Cl. The molecule has 2 aromatic rings. The highest BCUT2D eigenvalue weighted by molar-refractivity contribution is 6.03. The highest BCUT2D eigenvalue weighted by atomic mass is 35.5. The summed E-state index contributed by atoms with van der Waals surface area (Å²) in [6, 6.07) is 7.26. The Morgan fingerprint density at radius 2 is 1.88 bits per heavy atom. The molecule has 1 aliphatic rings. The molecule has 0 spiro atoms. The second-order valence-electron chi connectivity index (χ2n) is 6.80. The van der Waals surface area contributed by atoms with Crippen LogP contribution in [0.3, 0.4) is 0 Å². The van der Waals surface area contributed by atoms with Gasteiger partial charge in [-0.3, -0.25) is 4.98 Å². The number of piperidine rings is 1. The average molecular weight is 351 g/mol. The maximum Gasteiger partial charge on any atom is 0.336 e. The van der Waals surface area contributed by atoms with Crippen LogP contribution in [-0.4, -0.2) is 39.9 Å². The first-order valence-corrected chi connectivity index (χ1v) is 7.90. The molecule has 0 bridgehead atoms. The van der Waals surface area contributed by atoms with E-state index in [0.29, 0.717) is 10.9 Å². The molecule has 5 nitrogen and oxygen atoms in total. The van der Waals surface area contributed by atoms with Gasteiger partial charge in [0.15, 0.2) is 0 Å². The Kier molecular flexibility index (Phi) is 5.06. The van der Waals surface area contributed by atoms with Gasteiger partial charge < -0.3 is 15.1 Å². The number of carbonyl (C=O) groups is 1. The summed E-state index contributed by atoms with van der Waals surface area (Å²) in [7, 11) is 0. The van der Waals surface area contributed by atoms with Gasteiger partial charge in [-0.2, -0.15) is 0 Å². The van der Waals surface area contributed by atoms with E-state index in [-0.39, 0.29) is 29.8 Å². The van der Waals surface area contributed by atoms with Gasteiger partial charge in [0.05, 0.1) is 16.7 Å². The number of fused-ring (bicyclic) bond motifs is 1. The smallest absolute Gasteiger partial charge is 0.336 e. The third kappa shape index (κ3) is 3.06. The number of anilines is 1. The summed E-state index contributed by atoms with van der Waals surface area (Å²) in [6.45, 7) is 7.48. The minimum atomic E-state index is -0.946. The molecule has 130 valence electrons. The van der Waals surface area contributed by atoms with Crippen molar-refractivity contribution in [2.75, 3.05) is 18.0 Å². The number of hydrogen-bond donors (Lipinski definition) is 2. The first-order valence-electron chi connectivity index (χ1n) is 7.90. The van der Waals surface area contributed by atoms with E-state index in [1.165, 1.54) is 12.3 Å². The van der Waals surface area contributed by atoms with Crippen LogP contribution >= 0.6 is 12.4 Å². The first-order chi connectivity index (χ1) is 10.8. The summed E-state index contributed by atoms with van der Waals surface area (Å²) >= 11 is 0. The van der Waals surface area contributed by atoms with E-state index < -0.39 is 11.6 Å². The van der Waals surface area contributed by atoms with Crippen molar-refractivity contribution in [2.24, 2.45) is 11.8 Å². The maximum atomic E-state index is 11.4. The number of halogens is 1. The van der Waals surface area contributed by atoms with E-state index in [2.05, 4.69) is 9.88 Å². The summed E-state index contributed by atoms with van der Waals surface area (Å²) in [6.07, 6.45) is 1.52. The average Bonchev–Trinajstić information content (AvgIpc) is 2.51. The number of aliphatic hydroxyl groups is 1.